The number of hydrogen-bond donors (Lipinski definition) is 0. The molecule has 0 aliphatic carbocycles. The van der Waals surface area contributed by atoms with Crippen LogP contribution in [0.2, 0.25) is 0 Å². The third-order valence-electron chi connectivity index (χ3n) is 3.58. The normalized spacial score (nSPS) is 19.8. The number of piperidine rings is 1. The lowest BCUT2D eigenvalue weighted by Gasteiger charge is -2.42. The van der Waals surface area contributed by atoms with Crippen molar-refractivity contribution in [3.63, 3.8) is 0 Å². The van der Waals surface area contributed by atoms with Gasteiger partial charge in [0.2, 0.25) is 0 Å². The number of carbonyl (C=O) groups excluding carboxylic acids is 1. The number of halogens is 1. The molecule has 130 valence electrons. The van der Waals surface area contributed by atoms with Gasteiger partial charge in [-0.05, 0) is 47.5 Å². The first-order valence-corrected chi connectivity index (χ1v) is 9.53. The molecule has 0 aromatic carbocycles. The summed E-state index contributed by atoms with van der Waals surface area (Å²) < 4.78 is 18.0. The lowest BCUT2D eigenvalue weighted by atomic mass is 9.93. The summed E-state index contributed by atoms with van der Waals surface area (Å²) in [5, 5.41) is 0. The van der Waals surface area contributed by atoms with Crippen LogP contribution < -0.4 is 0 Å². The van der Waals surface area contributed by atoms with Gasteiger partial charge in [0.1, 0.15) is 5.60 Å². The number of amides is 1. The molecular weight excluding hydrogens is 397 g/mol. The minimum Gasteiger partial charge on any atom is -0.444 e. The van der Waals surface area contributed by atoms with Crippen LogP contribution in [-0.4, -0.2) is 59.0 Å². The van der Waals surface area contributed by atoms with Crippen LogP contribution in [0.3, 0.4) is 0 Å². The van der Waals surface area contributed by atoms with Crippen LogP contribution in [-0.2, 0) is 14.2 Å². The Bertz CT molecular complexity index is 349. The van der Waals surface area contributed by atoms with Crippen molar-refractivity contribution < 1.29 is 19.0 Å². The molecule has 5 nitrogen and oxygen atoms in total. The summed E-state index contributed by atoms with van der Waals surface area (Å²) in [4.78, 5) is 13.9. The van der Waals surface area contributed by atoms with E-state index in [1.54, 1.807) is 4.90 Å². The van der Waals surface area contributed by atoms with Gasteiger partial charge in [0.25, 0.3) is 0 Å². The van der Waals surface area contributed by atoms with Gasteiger partial charge in [0.05, 0.1) is 18.3 Å². The molecule has 1 unspecified atom stereocenters. The molecule has 1 rings (SSSR count). The number of ether oxygens (including phenoxy) is 3. The highest BCUT2D eigenvalue weighted by atomic mass is 127. The Morgan fingerprint density at radius 2 is 1.91 bits per heavy atom. The Morgan fingerprint density at radius 1 is 1.32 bits per heavy atom. The van der Waals surface area contributed by atoms with Crippen molar-refractivity contribution in [2.75, 3.05) is 30.7 Å². The fraction of sp³-hybridized carbons (Fsp3) is 0.938. The van der Waals surface area contributed by atoms with E-state index in [-0.39, 0.29) is 17.8 Å². The fourth-order valence-electron chi connectivity index (χ4n) is 2.45. The third-order valence-corrected chi connectivity index (χ3v) is 4.97. The van der Waals surface area contributed by atoms with Crippen molar-refractivity contribution in [3.8, 4) is 0 Å². The largest absolute Gasteiger partial charge is 0.444 e. The molecule has 0 radical (unpaired) electrons. The molecule has 0 saturated carbocycles. The van der Waals surface area contributed by atoms with Gasteiger partial charge in [-0.15, -0.1) is 0 Å². The second-order valence-corrected chi connectivity index (χ2v) is 7.63. The van der Waals surface area contributed by atoms with Crippen LogP contribution in [0.15, 0.2) is 0 Å². The Kier molecular flexibility index (Phi) is 7.88. The monoisotopic (exact) mass is 427 g/mol. The van der Waals surface area contributed by atoms with Gasteiger partial charge in [-0.1, -0.05) is 22.6 Å². The molecule has 1 saturated heterocycles. The summed E-state index contributed by atoms with van der Waals surface area (Å²) in [5.41, 5.74) is -0.604. The zero-order valence-corrected chi connectivity index (χ0v) is 16.6. The Hall–Kier alpha value is -0.0800. The van der Waals surface area contributed by atoms with Crippen LogP contribution in [0.25, 0.3) is 0 Å². The van der Waals surface area contributed by atoms with E-state index in [1.807, 2.05) is 34.6 Å². The van der Waals surface area contributed by atoms with E-state index >= 15 is 0 Å². The maximum atomic E-state index is 12.1. The molecule has 1 heterocycles. The molecule has 1 aliphatic rings. The van der Waals surface area contributed by atoms with Crippen molar-refractivity contribution >= 4 is 28.7 Å². The van der Waals surface area contributed by atoms with Gasteiger partial charge < -0.3 is 19.1 Å². The molecule has 0 spiro atoms. The quantitative estimate of drug-likeness (QED) is 0.480. The third kappa shape index (κ3) is 6.58. The fourth-order valence-corrected chi connectivity index (χ4v) is 3.39. The van der Waals surface area contributed by atoms with Gasteiger partial charge in [0.15, 0.2) is 0 Å². The summed E-state index contributed by atoms with van der Waals surface area (Å²) in [6.07, 6.45) is 1.52. The van der Waals surface area contributed by atoms with Crippen molar-refractivity contribution in [3.05, 3.63) is 0 Å². The summed E-state index contributed by atoms with van der Waals surface area (Å²) in [6, 6.07) is 0. The first-order valence-electron chi connectivity index (χ1n) is 8.01. The van der Waals surface area contributed by atoms with E-state index in [1.165, 1.54) is 0 Å². The van der Waals surface area contributed by atoms with Crippen LogP contribution in [0, 0.1) is 0 Å². The Balaban J connectivity index is 2.51. The van der Waals surface area contributed by atoms with Crippen LogP contribution in [0.1, 0.15) is 47.5 Å². The van der Waals surface area contributed by atoms with Gasteiger partial charge >= 0.3 is 6.09 Å². The Labute approximate surface area is 148 Å². The smallest absolute Gasteiger partial charge is 0.410 e. The molecule has 1 atom stereocenters. The first-order chi connectivity index (χ1) is 10.2. The molecule has 1 aliphatic heterocycles. The lowest BCUT2D eigenvalue weighted by Crippen LogP contribution is -2.51. The molecule has 1 amide bonds. The van der Waals surface area contributed by atoms with Gasteiger partial charge in [-0.3, -0.25) is 0 Å². The van der Waals surface area contributed by atoms with Crippen molar-refractivity contribution in [1.82, 2.24) is 4.90 Å². The second kappa shape index (κ2) is 8.68. The summed E-state index contributed by atoms with van der Waals surface area (Å²) in [7, 11) is 0. The summed E-state index contributed by atoms with van der Waals surface area (Å²) in [5.74, 6) is 0. The zero-order valence-electron chi connectivity index (χ0n) is 14.5. The zero-order chi connectivity index (χ0) is 16.8. The van der Waals surface area contributed by atoms with E-state index in [9.17, 15) is 4.79 Å². The molecule has 0 aromatic rings. The highest BCUT2D eigenvalue weighted by Gasteiger charge is 2.38. The summed E-state index contributed by atoms with van der Waals surface area (Å²) in [6.45, 7) is 12.4. The molecule has 22 heavy (non-hydrogen) atoms. The predicted octanol–water partition coefficient (Wildman–Crippen LogP) is 3.63. The van der Waals surface area contributed by atoms with Gasteiger partial charge in [-0.25, -0.2) is 4.79 Å². The van der Waals surface area contributed by atoms with Crippen molar-refractivity contribution in [1.29, 1.82) is 0 Å². The summed E-state index contributed by atoms with van der Waals surface area (Å²) >= 11 is 2.38. The van der Waals surface area contributed by atoms with E-state index < -0.39 is 5.60 Å². The maximum Gasteiger partial charge on any atom is 0.410 e. The number of rotatable bonds is 6. The van der Waals surface area contributed by atoms with E-state index in [2.05, 4.69) is 22.6 Å². The number of carbonyl (C=O) groups is 1. The molecule has 0 bridgehead atoms. The molecule has 6 heteroatoms. The highest BCUT2D eigenvalue weighted by molar-refractivity contribution is 14.1. The minimum absolute atomic E-state index is 0.0720. The van der Waals surface area contributed by atoms with Crippen LogP contribution in [0.4, 0.5) is 4.79 Å². The first kappa shape index (κ1) is 20.0. The average Bonchev–Trinajstić information content (AvgIpc) is 2.44. The van der Waals surface area contributed by atoms with E-state index in [4.69, 9.17) is 14.2 Å². The maximum absolute atomic E-state index is 12.1. The van der Waals surface area contributed by atoms with Gasteiger partial charge in [0, 0.05) is 24.1 Å². The lowest BCUT2D eigenvalue weighted by molar-refractivity contribution is -0.120. The van der Waals surface area contributed by atoms with Gasteiger partial charge in [-0.2, -0.15) is 0 Å². The highest BCUT2D eigenvalue weighted by Crippen LogP contribution is 2.30. The van der Waals surface area contributed by atoms with Crippen molar-refractivity contribution in [2.45, 2.75) is 64.8 Å². The van der Waals surface area contributed by atoms with Crippen molar-refractivity contribution in [2.24, 2.45) is 0 Å². The SMILES string of the molecule is CCOCC(C)OC1(CI)CCN(C(=O)OC(C)(C)C)CC1. The van der Waals surface area contributed by atoms with Crippen LogP contribution >= 0.6 is 22.6 Å². The molecule has 0 N–H and O–H groups in total. The van der Waals surface area contributed by atoms with E-state index in [0.29, 0.717) is 26.3 Å². The van der Waals surface area contributed by atoms with Crippen LogP contribution in [0.5, 0.6) is 0 Å². The number of alkyl halides is 1. The standard InChI is InChI=1S/C16H30INO4/c1-6-20-11-13(2)21-16(12-17)7-9-18(10-8-16)14(19)22-15(3,4)5/h13H,6-12H2,1-5H3. The Morgan fingerprint density at radius 3 is 2.36 bits per heavy atom. The molecule has 0 aromatic heterocycles. The number of nitrogens with zero attached hydrogens (tertiary/aromatic N) is 1. The second-order valence-electron chi connectivity index (χ2n) is 6.87. The topological polar surface area (TPSA) is 48.0 Å². The molecular formula is C16H30INO4. The minimum atomic E-state index is -0.447. The number of likely N-dealkylation sites (tertiary alicyclic amines) is 1. The van der Waals surface area contributed by atoms with E-state index in [0.717, 1.165) is 17.3 Å². The number of hydrogen-bond acceptors (Lipinski definition) is 4. The predicted molar refractivity (Wildman–Crippen MR) is 95.7 cm³/mol. The molecule has 1 fully saturated rings. The average molecular weight is 427 g/mol.